The van der Waals surface area contributed by atoms with Crippen LogP contribution >= 0.6 is 31.9 Å². The van der Waals surface area contributed by atoms with Gasteiger partial charge in [-0.2, -0.15) is 0 Å². The summed E-state index contributed by atoms with van der Waals surface area (Å²) in [6.07, 6.45) is 2.50. The minimum Gasteiger partial charge on any atom is -0.324 e. The van der Waals surface area contributed by atoms with Crippen molar-refractivity contribution in [3.05, 3.63) is 29.3 Å². The maximum Gasteiger partial charge on any atom is 0.244 e. The lowest BCUT2D eigenvalue weighted by atomic mass is 9.81. The summed E-state index contributed by atoms with van der Waals surface area (Å²) < 4.78 is 0. The standard InChI is InChI=1S/C21H24Br2N2O3/c1-3-10-6-5-7-11(4-2)19(10)24-14(26)9-25-20(27)15-12-8-13(16(15)21(25)28)18(23)17(12)22/h5-7,12-13,15-18H,3-4,8-9H2,1-2H3,(H,24,26). The third kappa shape index (κ3) is 2.96. The Labute approximate surface area is 181 Å². The van der Waals surface area contributed by atoms with E-state index in [-0.39, 0.29) is 57.6 Å². The van der Waals surface area contributed by atoms with Gasteiger partial charge in [-0.15, -0.1) is 0 Å². The number of carbonyl (C=O) groups is 3. The second kappa shape index (κ2) is 7.56. The third-order valence-corrected chi connectivity index (χ3v) is 9.85. The van der Waals surface area contributed by atoms with E-state index in [0.717, 1.165) is 36.1 Å². The van der Waals surface area contributed by atoms with Gasteiger partial charge < -0.3 is 5.32 Å². The number of likely N-dealkylation sites (tertiary alicyclic amines) is 1. The Morgan fingerprint density at radius 3 is 2.00 bits per heavy atom. The molecule has 2 bridgehead atoms. The Bertz CT molecular complexity index is 789. The van der Waals surface area contributed by atoms with Crippen LogP contribution in [0.5, 0.6) is 0 Å². The molecule has 150 valence electrons. The van der Waals surface area contributed by atoms with E-state index in [1.807, 2.05) is 32.0 Å². The van der Waals surface area contributed by atoms with Crippen LogP contribution in [0.25, 0.3) is 0 Å². The van der Waals surface area contributed by atoms with Crippen molar-refractivity contribution in [1.82, 2.24) is 4.90 Å². The zero-order valence-corrected chi connectivity index (χ0v) is 19.1. The molecular formula is C21H24Br2N2O3. The van der Waals surface area contributed by atoms with Gasteiger partial charge in [-0.25, -0.2) is 0 Å². The van der Waals surface area contributed by atoms with Crippen molar-refractivity contribution in [1.29, 1.82) is 0 Å². The molecule has 3 aliphatic rings. The Kier molecular flexibility index (Phi) is 5.42. The summed E-state index contributed by atoms with van der Waals surface area (Å²) in [4.78, 5) is 40.3. The number of benzene rings is 1. The van der Waals surface area contributed by atoms with Gasteiger partial charge in [0.05, 0.1) is 11.8 Å². The number of para-hydroxylation sites is 1. The van der Waals surface area contributed by atoms with E-state index < -0.39 is 0 Å². The lowest BCUT2D eigenvalue weighted by Crippen LogP contribution is -2.39. The zero-order chi connectivity index (χ0) is 20.2. The molecule has 3 amide bonds. The summed E-state index contributed by atoms with van der Waals surface area (Å²) in [5, 5.41) is 2.97. The molecule has 1 aliphatic heterocycles. The van der Waals surface area contributed by atoms with Crippen molar-refractivity contribution < 1.29 is 14.4 Å². The molecule has 3 fully saturated rings. The molecule has 2 saturated carbocycles. The number of nitrogens with zero attached hydrogens (tertiary/aromatic N) is 1. The lowest BCUT2D eigenvalue weighted by Gasteiger charge is -2.28. The molecule has 1 aromatic carbocycles. The fourth-order valence-corrected chi connectivity index (χ4v) is 7.17. The maximum atomic E-state index is 13.0. The number of nitrogens with one attached hydrogen (secondary N) is 1. The molecule has 1 saturated heterocycles. The van der Waals surface area contributed by atoms with E-state index in [9.17, 15) is 14.4 Å². The average molecular weight is 512 g/mol. The molecular weight excluding hydrogens is 488 g/mol. The van der Waals surface area contributed by atoms with Crippen LogP contribution < -0.4 is 5.32 Å². The molecule has 1 N–H and O–H groups in total. The fraction of sp³-hybridized carbons (Fsp3) is 0.571. The Morgan fingerprint density at radius 2 is 1.54 bits per heavy atom. The average Bonchev–Trinajstić information content (AvgIpc) is 3.29. The molecule has 0 spiro atoms. The molecule has 1 heterocycles. The van der Waals surface area contributed by atoms with Gasteiger partial charge in [0.15, 0.2) is 0 Å². The van der Waals surface area contributed by atoms with Crippen LogP contribution in [-0.4, -0.2) is 38.8 Å². The number of alkyl halides is 2. The summed E-state index contributed by atoms with van der Waals surface area (Å²) in [5.41, 5.74) is 2.94. The number of hydrogen-bond donors (Lipinski definition) is 1. The highest BCUT2D eigenvalue weighted by Crippen LogP contribution is 2.60. The largest absolute Gasteiger partial charge is 0.324 e. The van der Waals surface area contributed by atoms with Crippen LogP contribution in [0.15, 0.2) is 18.2 Å². The van der Waals surface area contributed by atoms with Crippen LogP contribution in [0.2, 0.25) is 0 Å². The van der Waals surface area contributed by atoms with Gasteiger partial charge in [0.1, 0.15) is 6.54 Å². The SMILES string of the molecule is CCc1cccc(CC)c1NC(=O)CN1C(=O)C2C3CC(C(Br)C3Br)C2C1=O. The van der Waals surface area contributed by atoms with Crippen LogP contribution in [0, 0.1) is 23.7 Å². The predicted octanol–water partition coefficient (Wildman–Crippen LogP) is 3.53. The lowest BCUT2D eigenvalue weighted by molar-refractivity contribution is -0.143. The Hall–Kier alpha value is -1.21. The van der Waals surface area contributed by atoms with Crippen molar-refractivity contribution in [3.63, 3.8) is 0 Å². The molecule has 5 nitrogen and oxygen atoms in total. The highest BCUT2D eigenvalue weighted by molar-refractivity contribution is 9.12. The fourth-order valence-electron chi connectivity index (χ4n) is 5.29. The van der Waals surface area contributed by atoms with Crippen LogP contribution in [0.3, 0.4) is 0 Å². The van der Waals surface area contributed by atoms with Crippen molar-refractivity contribution in [2.45, 2.75) is 42.8 Å². The van der Waals surface area contributed by atoms with Crippen molar-refractivity contribution in [2.24, 2.45) is 23.7 Å². The number of anilines is 1. The normalized spacial score (nSPS) is 33.5. The molecule has 6 unspecified atom stereocenters. The molecule has 6 atom stereocenters. The monoisotopic (exact) mass is 510 g/mol. The first-order valence-electron chi connectivity index (χ1n) is 9.92. The summed E-state index contributed by atoms with van der Waals surface area (Å²) >= 11 is 7.37. The van der Waals surface area contributed by atoms with Gasteiger partial charge in [-0.1, -0.05) is 63.9 Å². The van der Waals surface area contributed by atoms with Crippen molar-refractivity contribution >= 4 is 55.3 Å². The van der Waals surface area contributed by atoms with Gasteiger partial charge in [0, 0.05) is 15.3 Å². The Balaban J connectivity index is 1.51. The van der Waals surface area contributed by atoms with E-state index in [0.29, 0.717) is 0 Å². The molecule has 7 heteroatoms. The number of imide groups is 1. The van der Waals surface area contributed by atoms with E-state index in [1.54, 1.807) is 0 Å². The van der Waals surface area contributed by atoms with Gasteiger partial charge in [-0.3, -0.25) is 19.3 Å². The minimum atomic E-state index is -0.310. The smallest absolute Gasteiger partial charge is 0.244 e. The molecule has 2 aliphatic carbocycles. The van der Waals surface area contributed by atoms with E-state index in [4.69, 9.17) is 0 Å². The quantitative estimate of drug-likeness (QED) is 0.485. The van der Waals surface area contributed by atoms with Crippen LogP contribution in [0.1, 0.15) is 31.4 Å². The number of rotatable bonds is 5. The first kappa shape index (κ1) is 20.1. The summed E-state index contributed by atoms with van der Waals surface area (Å²) in [7, 11) is 0. The number of amides is 3. The summed E-state index contributed by atoms with van der Waals surface area (Å²) in [6, 6.07) is 5.98. The molecule has 28 heavy (non-hydrogen) atoms. The molecule has 1 aromatic rings. The second-order valence-electron chi connectivity index (χ2n) is 7.97. The van der Waals surface area contributed by atoms with Crippen molar-refractivity contribution in [3.8, 4) is 0 Å². The van der Waals surface area contributed by atoms with Crippen LogP contribution in [-0.2, 0) is 27.2 Å². The van der Waals surface area contributed by atoms with Crippen LogP contribution in [0.4, 0.5) is 5.69 Å². The molecule has 0 radical (unpaired) electrons. The second-order valence-corrected chi connectivity index (χ2v) is 10.1. The first-order chi connectivity index (χ1) is 13.4. The van der Waals surface area contributed by atoms with E-state index >= 15 is 0 Å². The van der Waals surface area contributed by atoms with E-state index in [1.165, 1.54) is 4.90 Å². The Morgan fingerprint density at radius 1 is 1.04 bits per heavy atom. The topological polar surface area (TPSA) is 66.5 Å². The first-order valence-corrected chi connectivity index (χ1v) is 11.8. The van der Waals surface area contributed by atoms with Gasteiger partial charge in [0.25, 0.3) is 0 Å². The van der Waals surface area contributed by atoms with E-state index in [2.05, 4.69) is 37.2 Å². The highest BCUT2D eigenvalue weighted by atomic mass is 79.9. The molecule has 4 rings (SSSR count). The van der Waals surface area contributed by atoms with Crippen molar-refractivity contribution in [2.75, 3.05) is 11.9 Å². The summed E-state index contributed by atoms with van der Waals surface area (Å²) in [6.45, 7) is 3.88. The van der Waals surface area contributed by atoms with Gasteiger partial charge in [-0.05, 0) is 42.2 Å². The highest BCUT2D eigenvalue weighted by Gasteiger charge is 2.66. The van der Waals surface area contributed by atoms with Gasteiger partial charge >= 0.3 is 0 Å². The van der Waals surface area contributed by atoms with Gasteiger partial charge in [0.2, 0.25) is 17.7 Å². The summed E-state index contributed by atoms with van der Waals surface area (Å²) in [5.74, 6) is -0.902. The number of hydrogen-bond acceptors (Lipinski definition) is 3. The maximum absolute atomic E-state index is 13.0. The predicted molar refractivity (Wildman–Crippen MR) is 115 cm³/mol. The number of fused-ring (bicyclic) bond motifs is 5. The number of carbonyl (C=O) groups excluding carboxylic acids is 3. The number of aryl methyl sites for hydroxylation is 2. The molecule has 0 aromatic heterocycles. The number of halogens is 2. The third-order valence-electron chi connectivity index (χ3n) is 6.64. The minimum absolute atomic E-state index is 0.163. The zero-order valence-electron chi connectivity index (χ0n) is 16.0.